The highest BCUT2D eigenvalue weighted by Gasteiger charge is 2.11. The van der Waals surface area contributed by atoms with E-state index < -0.39 is 0 Å². The Hall–Kier alpha value is -0.790. The molecule has 2 nitrogen and oxygen atoms in total. The minimum absolute atomic E-state index is 1.09. The summed E-state index contributed by atoms with van der Waals surface area (Å²) in [7, 11) is 0. The van der Waals surface area contributed by atoms with Gasteiger partial charge in [0.15, 0.2) is 6.21 Å². The van der Waals surface area contributed by atoms with E-state index in [2.05, 4.69) is 41.8 Å². The molecule has 0 unspecified atom stereocenters. The van der Waals surface area contributed by atoms with Crippen molar-refractivity contribution in [2.75, 3.05) is 19.8 Å². The number of hydrogen-bond donors (Lipinski definition) is 0. The summed E-state index contributed by atoms with van der Waals surface area (Å²) < 4.78 is 2.47. The molecule has 0 aromatic rings. The van der Waals surface area contributed by atoms with Crippen molar-refractivity contribution in [2.24, 2.45) is 0 Å². The van der Waals surface area contributed by atoms with E-state index in [1.165, 1.54) is 77.3 Å². The Morgan fingerprint density at radius 1 is 0.850 bits per heavy atom. The molecule has 0 fully saturated rings. The van der Waals surface area contributed by atoms with Gasteiger partial charge in [0, 0.05) is 25.2 Å². The molecule has 1 heterocycles. The summed E-state index contributed by atoms with van der Waals surface area (Å²) in [5.41, 5.74) is 0. The van der Waals surface area contributed by atoms with Gasteiger partial charge in [-0.15, -0.1) is 0 Å². The first-order valence-electron chi connectivity index (χ1n) is 8.86. The van der Waals surface area contributed by atoms with Crippen molar-refractivity contribution in [1.82, 2.24) is 4.90 Å². The smallest absolute Gasteiger partial charge is 0.218 e. The zero-order chi connectivity index (χ0) is 14.5. The molecule has 0 saturated carbocycles. The molecule has 1 aliphatic heterocycles. The van der Waals surface area contributed by atoms with Gasteiger partial charge < -0.3 is 4.90 Å². The standard InChI is InChI=1S/C18H35N2/c1-3-5-7-9-10-12-15-20-17-13-16-19(18-20)14-11-8-6-4-2/h13,16-17H,3-12,14-15,18H2,1-2H3/q+1. The third kappa shape index (κ3) is 8.39. The van der Waals surface area contributed by atoms with Crippen LogP contribution in [0.5, 0.6) is 0 Å². The summed E-state index contributed by atoms with van der Waals surface area (Å²) in [6.07, 6.45) is 20.5. The predicted molar refractivity (Wildman–Crippen MR) is 89.4 cm³/mol. The van der Waals surface area contributed by atoms with Crippen LogP contribution >= 0.6 is 0 Å². The Balaban J connectivity index is 2.05. The summed E-state index contributed by atoms with van der Waals surface area (Å²) in [5, 5.41) is 0. The van der Waals surface area contributed by atoms with Crippen molar-refractivity contribution in [3.8, 4) is 0 Å². The van der Waals surface area contributed by atoms with Crippen LogP contribution in [0.4, 0.5) is 0 Å². The Morgan fingerprint density at radius 2 is 1.50 bits per heavy atom. The lowest BCUT2D eigenvalue weighted by Crippen LogP contribution is -2.33. The van der Waals surface area contributed by atoms with E-state index in [9.17, 15) is 0 Å². The molecule has 1 rings (SSSR count). The number of nitrogens with zero attached hydrogens (tertiary/aromatic N) is 2. The monoisotopic (exact) mass is 279 g/mol. The Kier molecular flexibility index (Phi) is 10.3. The van der Waals surface area contributed by atoms with Gasteiger partial charge in [-0.05, 0) is 12.8 Å². The first-order valence-corrected chi connectivity index (χ1v) is 8.86. The fraction of sp³-hybridized carbons (Fsp3) is 0.833. The molecule has 0 atom stereocenters. The van der Waals surface area contributed by atoms with Crippen LogP contribution in [0.1, 0.15) is 78.1 Å². The van der Waals surface area contributed by atoms with Gasteiger partial charge >= 0.3 is 0 Å². The molecule has 20 heavy (non-hydrogen) atoms. The van der Waals surface area contributed by atoms with Gasteiger partial charge in [-0.25, -0.2) is 4.58 Å². The van der Waals surface area contributed by atoms with Crippen molar-refractivity contribution < 1.29 is 4.58 Å². The van der Waals surface area contributed by atoms with Crippen LogP contribution in [0.2, 0.25) is 0 Å². The average molecular weight is 279 g/mol. The van der Waals surface area contributed by atoms with Crippen molar-refractivity contribution in [1.29, 1.82) is 0 Å². The van der Waals surface area contributed by atoms with Gasteiger partial charge in [-0.3, -0.25) is 0 Å². The lowest BCUT2D eigenvalue weighted by atomic mass is 10.1. The molecule has 0 aromatic heterocycles. The van der Waals surface area contributed by atoms with Gasteiger partial charge in [0.2, 0.25) is 6.67 Å². The van der Waals surface area contributed by atoms with E-state index >= 15 is 0 Å². The molecular weight excluding hydrogens is 244 g/mol. The maximum Gasteiger partial charge on any atom is 0.218 e. The second kappa shape index (κ2) is 12.0. The Bertz CT molecular complexity index is 281. The van der Waals surface area contributed by atoms with Crippen molar-refractivity contribution in [3.05, 3.63) is 12.3 Å². The summed E-state index contributed by atoms with van der Waals surface area (Å²) in [4.78, 5) is 2.47. The van der Waals surface area contributed by atoms with Crippen LogP contribution in [0.3, 0.4) is 0 Å². The van der Waals surface area contributed by atoms with Gasteiger partial charge in [-0.1, -0.05) is 58.8 Å². The highest BCUT2D eigenvalue weighted by molar-refractivity contribution is 5.66. The van der Waals surface area contributed by atoms with E-state index in [1.807, 2.05) is 0 Å². The van der Waals surface area contributed by atoms with Gasteiger partial charge in [-0.2, -0.15) is 0 Å². The molecule has 2 heteroatoms. The maximum atomic E-state index is 2.47. The molecule has 0 aliphatic carbocycles. The van der Waals surface area contributed by atoms with Crippen LogP contribution in [0, 0.1) is 0 Å². The first kappa shape index (κ1) is 17.3. The van der Waals surface area contributed by atoms with Crippen LogP contribution in [-0.2, 0) is 0 Å². The van der Waals surface area contributed by atoms with Crippen LogP contribution in [-0.4, -0.2) is 35.4 Å². The van der Waals surface area contributed by atoms with Gasteiger partial charge in [0.1, 0.15) is 6.54 Å². The molecular formula is C18H35N2+. The van der Waals surface area contributed by atoms with Crippen molar-refractivity contribution in [2.45, 2.75) is 78.1 Å². The average Bonchev–Trinajstić information content (AvgIpc) is 2.48. The largest absolute Gasteiger partial charge is 0.323 e. The van der Waals surface area contributed by atoms with Crippen molar-refractivity contribution in [3.63, 3.8) is 0 Å². The normalized spacial score (nSPS) is 14.7. The molecule has 0 spiro atoms. The minimum Gasteiger partial charge on any atom is -0.323 e. The number of allylic oxidation sites excluding steroid dienone is 1. The molecule has 0 radical (unpaired) electrons. The number of unbranched alkanes of at least 4 members (excludes halogenated alkanes) is 8. The zero-order valence-corrected chi connectivity index (χ0v) is 13.8. The summed E-state index contributed by atoms with van der Waals surface area (Å²) in [6.45, 7) is 8.10. The molecule has 0 bridgehead atoms. The summed E-state index contributed by atoms with van der Waals surface area (Å²) in [5.74, 6) is 0. The fourth-order valence-electron chi connectivity index (χ4n) is 2.74. The molecule has 0 N–H and O–H groups in total. The SMILES string of the molecule is CCCCCCCCN1C=CC=[N+](CCCCCC)C1. The molecule has 0 saturated heterocycles. The van der Waals surface area contributed by atoms with Crippen LogP contribution in [0.15, 0.2) is 12.3 Å². The quantitative estimate of drug-likeness (QED) is 0.367. The zero-order valence-electron chi connectivity index (χ0n) is 13.8. The third-order valence-electron chi connectivity index (χ3n) is 4.05. The predicted octanol–water partition coefficient (Wildman–Crippen LogP) is 4.80. The lowest BCUT2D eigenvalue weighted by Gasteiger charge is -2.20. The van der Waals surface area contributed by atoms with Crippen molar-refractivity contribution >= 4 is 6.21 Å². The molecule has 116 valence electrons. The maximum absolute atomic E-state index is 2.47. The van der Waals surface area contributed by atoms with E-state index in [0.29, 0.717) is 0 Å². The highest BCUT2D eigenvalue weighted by atomic mass is 15.3. The minimum atomic E-state index is 1.09. The fourth-order valence-corrected chi connectivity index (χ4v) is 2.74. The second-order valence-electron chi connectivity index (χ2n) is 6.09. The van der Waals surface area contributed by atoms with E-state index in [4.69, 9.17) is 0 Å². The van der Waals surface area contributed by atoms with Crippen LogP contribution in [0.25, 0.3) is 0 Å². The van der Waals surface area contributed by atoms with E-state index in [0.717, 1.165) is 6.67 Å². The Labute approximate surface area is 126 Å². The first-order chi connectivity index (χ1) is 9.86. The summed E-state index contributed by atoms with van der Waals surface area (Å²) >= 11 is 0. The van der Waals surface area contributed by atoms with E-state index in [-0.39, 0.29) is 0 Å². The van der Waals surface area contributed by atoms with Gasteiger partial charge in [0.05, 0.1) is 0 Å². The highest BCUT2D eigenvalue weighted by Crippen LogP contribution is 2.07. The number of rotatable bonds is 12. The molecule has 1 aliphatic rings. The lowest BCUT2D eigenvalue weighted by molar-refractivity contribution is -0.543. The third-order valence-corrected chi connectivity index (χ3v) is 4.05. The summed E-state index contributed by atoms with van der Waals surface area (Å²) in [6, 6.07) is 0. The van der Waals surface area contributed by atoms with E-state index in [1.54, 1.807) is 0 Å². The molecule has 0 amide bonds. The van der Waals surface area contributed by atoms with Crippen LogP contribution < -0.4 is 0 Å². The van der Waals surface area contributed by atoms with Gasteiger partial charge in [0.25, 0.3) is 0 Å². The molecule has 0 aromatic carbocycles. The Morgan fingerprint density at radius 3 is 2.25 bits per heavy atom. The topological polar surface area (TPSA) is 6.25 Å². The second-order valence-corrected chi connectivity index (χ2v) is 6.09. The number of hydrogen-bond acceptors (Lipinski definition) is 1.